The zero-order valence-corrected chi connectivity index (χ0v) is 20.0. The average molecular weight is 463 g/mol. The number of anilines is 1. The second-order valence-corrected chi connectivity index (χ2v) is 10.7. The molecule has 2 aromatic carbocycles. The van der Waals surface area contributed by atoms with E-state index < -0.39 is 10.0 Å². The molecule has 1 aliphatic carbocycles. The summed E-state index contributed by atoms with van der Waals surface area (Å²) in [4.78, 5) is 12.5. The zero-order chi connectivity index (χ0) is 22.6. The van der Waals surface area contributed by atoms with Crippen LogP contribution in [-0.2, 0) is 27.7 Å². The molecule has 31 heavy (non-hydrogen) atoms. The van der Waals surface area contributed by atoms with Gasteiger partial charge in [0.25, 0.3) is 0 Å². The van der Waals surface area contributed by atoms with Crippen LogP contribution in [-0.4, -0.2) is 27.1 Å². The number of hydrogen-bond acceptors (Lipinski definition) is 3. The maximum atomic E-state index is 12.5. The molecule has 0 heterocycles. The fraction of sp³-hybridized carbons (Fsp3) is 0.458. The number of amides is 1. The van der Waals surface area contributed by atoms with E-state index in [1.807, 2.05) is 6.92 Å². The van der Waals surface area contributed by atoms with E-state index >= 15 is 0 Å². The Balaban J connectivity index is 1.58. The van der Waals surface area contributed by atoms with Crippen molar-refractivity contribution in [2.24, 2.45) is 0 Å². The molecule has 1 atom stereocenters. The summed E-state index contributed by atoms with van der Waals surface area (Å²) in [5.74, 6) is -0.0820. The first-order chi connectivity index (χ1) is 14.7. The van der Waals surface area contributed by atoms with Gasteiger partial charge in [0, 0.05) is 18.0 Å². The molecule has 7 heteroatoms. The predicted molar refractivity (Wildman–Crippen MR) is 127 cm³/mol. The van der Waals surface area contributed by atoms with E-state index in [1.54, 1.807) is 25.1 Å². The second-order valence-electron chi connectivity index (χ2n) is 8.35. The summed E-state index contributed by atoms with van der Waals surface area (Å²) in [7, 11) is -3.49. The molecule has 3 rings (SSSR count). The highest BCUT2D eigenvalue weighted by atomic mass is 35.5. The molecule has 0 saturated carbocycles. The molecule has 0 aliphatic heterocycles. The second kappa shape index (κ2) is 10.0. The van der Waals surface area contributed by atoms with E-state index in [1.165, 1.54) is 34.5 Å². The van der Waals surface area contributed by atoms with E-state index in [0.717, 1.165) is 18.4 Å². The molecule has 0 fully saturated rings. The predicted octanol–water partition coefficient (Wildman–Crippen LogP) is 4.95. The van der Waals surface area contributed by atoms with Gasteiger partial charge in [-0.15, -0.1) is 0 Å². The van der Waals surface area contributed by atoms with Crippen LogP contribution in [0, 0.1) is 6.92 Å². The van der Waals surface area contributed by atoms with Gasteiger partial charge in [-0.05, 0) is 80.3 Å². The molecule has 1 amide bonds. The first kappa shape index (κ1) is 23.6. The van der Waals surface area contributed by atoms with E-state index in [9.17, 15) is 13.2 Å². The standard InChI is InChI=1S/C24H31ClN2O3S/c1-17-22(25)10-6-11-23(17)27(31(3,29)30)15-7-12-24(28)26-18(2)20-14-13-19-8-4-5-9-21(19)16-20/h6,10-11,13-14,16,18H,4-5,7-9,12,15H2,1-3H3,(H,26,28). The van der Waals surface area contributed by atoms with Crippen molar-refractivity contribution >= 4 is 33.2 Å². The molecule has 1 aliphatic rings. The van der Waals surface area contributed by atoms with Gasteiger partial charge in [-0.25, -0.2) is 8.42 Å². The number of aryl methyl sites for hydroxylation is 2. The number of fused-ring (bicyclic) bond motifs is 1. The minimum Gasteiger partial charge on any atom is -0.350 e. The molecule has 5 nitrogen and oxygen atoms in total. The number of nitrogens with one attached hydrogen (secondary N) is 1. The minimum atomic E-state index is -3.49. The number of rotatable bonds is 8. The largest absolute Gasteiger partial charge is 0.350 e. The number of carbonyl (C=O) groups is 1. The highest BCUT2D eigenvalue weighted by Crippen LogP contribution is 2.28. The molecular weight excluding hydrogens is 432 g/mol. The fourth-order valence-corrected chi connectivity index (χ4v) is 5.32. The van der Waals surface area contributed by atoms with Crippen molar-refractivity contribution in [3.8, 4) is 0 Å². The summed E-state index contributed by atoms with van der Waals surface area (Å²) in [5.41, 5.74) is 5.19. The van der Waals surface area contributed by atoms with Crippen molar-refractivity contribution in [3.63, 3.8) is 0 Å². The Hall–Kier alpha value is -2.05. The highest BCUT2D eigenvalue weighted by Gasteiger charge is 2.21. The van der Waals surface area contributed by atoms with Gasteiger partial charge < -0.3 is 5.32 Å². The van der Waals surface area contributed by atoms with Gasteiger partial charge in [0.1, 0.15) is 0 Å². The Bertz CT molecular complexity index is 1050. The van der Waals surface area contributed by atoms with Crippen LogP contribution in [0.5, 0.6) is 0 Å². The summed E-state index contributed by atoms with van der Waals surface area (Å²) in [6.07, 6.45) is 6.56. The number of benzene rings is 2. The Morgan fingerprint density at radius 3 is 2.58 bits per heavy atom. The van der Waals surface area contributed by atoms with Crippen LogP contribution in [0.2, 0.25) is 5.02 Å². The maximum Gasteiger partial charge on any atom is 0.232 e. The van der Waals surface area contributed by atoms with Crippen molar-refractivity contribution in [1.82, 2.24) is 5.32 Å². The Labute approximate surface area is 190 Å². The SMILES string of the molecule is Cc1c(Cl)cccc1N(CCCC(=O)NC(C)c1ccc2c(c1)CCCC2)S(C)(=O)=O. The van der Waals surface area contributed by atoms with Crippen molar-refractivity contribution < 1.29 is 13.2 Å². The lowest BCUT2D eigenvalue weighted by molar-refractivity contribution is -0.121. The van der Waals surface area contributed by atoms with Gasteiger partial charge >= 0.3 is 0 Å². The molecule has 1 unspecified atom stereocenters. The molecule has 0 aromatic heterocycles. The number of hydrogen-bond donors (Lipinski definition) is 1. The summed E-state index contributed by atoms with van der Waals surface area (Å²) in [5, 5.41) is 3.56. The quantitative estimate of drug-likeness (QED) is 0.603. The highest BCUT2D eigenvalue weighted by molar-refractivity contribution is 7.92. The van der Waals surface area contributed by atoms with Crippen molar-refractivity contribution in [3.05, 3.63) is 63.7 Å². The maximum absolute atomic E-state index is 12.5. The molecule has 0 radical (unpaired) electrons. The number of carbonyl (C=O) groups excluding carboxylic acids is 1. The Morgan fingerprint density at radius 1 is 1.16 bits per heavy atom. The van der Waals surface area contributed by atoms with E-state index in [4.69, 9.17) is 11.6 Å². The van der Waals surface area contributed by atoms with Crippen LogP contribution >= 0.6 is 11.6 Å². The smallest absolute Gasteiger partial charge is 0.232 e. The third-order valence-corrected chi connectivity index (χ3v) is 7.51. The normalized spacial score (nSPS) is 14.6. The summed E-state index contributed by atoms with van der Waals surface area (Å²) >= 11 is 6.17. The van der Waals surface area contributed by atoms with Crippen molar-refractivity contribution in [2.45, 2.75) is 58.4 Å². The van der Waals surface area contributed by atoms with Crippen molar-refractivity contribution in [2.75, 3.05) is 17.1 Å². The molecule has 0 bridgehead atoms. The number of halogens is 1. The lowest BCUT2D eigenvalue weighted by Gasteiger charge is -2.24. The van der Waals surface area contributed by atoms with E-state index in [0.29, 0.717) is 22.7 Å². The fourth-order valence-electron chi connectivity index (χ4n) is 4.13. The summed E-state index contributed by atoms with van der Waals surface area (Å²) in [6, 6.07) is 11.6. The van der Waals surface area contributed by atoms with Crippen LogP contribution in [0.3, 0.4) is 0 Å². The van der Waals surface area contributed by atoms with Crippen LogP contribution < -0.4 is 9.62 Å². The minimum absolute atomic E-state index is 0.0820. The molecule has 0 spiro atoms. The van der Waals surface area contributed by atoms with E-state index in [-0.39, 0.29) is 24.9 Å². The van der Waals surface area contributed by atoms with Crippen LogP contribution in [0.1, 0.15) is 60.9 Å². The van der Waals surface area contributed by atoms with E-state index in [2.05, 4.69) is 23.5 Å². The lowest BCUT2D eigenvalue weighted by atomic mass is 9.89. The number of nitrogens with zero attached hydrogens (tertiary/aromatic N) is 1. The van der Waals surface area contributed by atoms with Gasteiger partial charge in [0.15, 0.2) is 0 Å². The van der Waals surface area contributed by atoms with Crippen molar-refractivity contribution in [1.29, 1.82) is 0 Å². The zero-order valence-electron chi connectivity index (χ0n) is 18.4. The first-order valence-electron chi connectivity index (χ1n) is 10.8. The molecule has 2 aromatic rings. The first-order valence-corrected chi connectivity index (χ1v) is 13.0. The molecular formula is C24H31ClN2O3S. The summed E-state index contributed by atoms with van der Waals surface area (Å²) < 4.78 is 26.0. The summed E-state index contributed by atoms with van der Waals surface area (Å²) in [6.45, 7) is 4.00. The molecule has 1 N–H and O–H groups in total. The van der Waals surface area contributed by atoms with Crippen LogP contribution in [0.15, 0.2) is 36.4 Å². The topological polar surface area (TPSA) is 66.5 Å². The Morgan fingerprint density at radius 2 is 1.87 bits per heavy atom. The number of sulfonamides is 1. The molecule has 168 valence electrons. The third-order valence-electron chi connectivity index (χ3n) is 5.92. The Kier molecular flexibility index (Phi) is 7.65. The van der Waals surface area contributed by atoms with Crippen LogP contribution in [0.25, 0.3) is 0 Å². The lowest BCUT2D eigenvalue weighted by Crippen LogP contribution is -2.33. The molecule has 0 saturated heterocycles. The van der Waals surface area contributed by atoms with Gasteiger partial charge in [0.05, 0.1) is 18.0 Å². The van der Waals surface area contributed by atoms with Crippen LogP contribution in [0.4, 0.5) is 5.69 Å². The monoisotopic (exact) mass is 462 g/mol. The third kappa shape index (κ3) is 6.01. The van der Waals surface area contributed by atoms with Gasteiger partial charge in [-0.2, -0.15) is 0 Å². The van der Waals surface area contributed by atoms with Gasteiger partial charge in [0.2, 0.25) is 15.9 Å². The average Bonchev–Trinajstić information content (AvgIpc) is 2.72. The van der Waals surface area contributed by atoms with Gasteiger partial charge in [-0.1, -0.05) is 35.9 Å². The van der Waals surface area contributed by atoms with Gasteiger partial charge in [-0.3, -0.25) is 9.10 Å².